The van der Waals surface area contributed by atoms with Crippen molar-refractivity contribution >= 4 is 5.96 Å². The average Bonchev–Trinajstić information content (AvgIpc) is 3.13. The second-order valence-electron chi connectivity index (χ2n) is 6.41. The molecular formula is C19H27F2N5O2. The summed E-state index contributed by atoms with van der Waals surface area (Å²) in [5, 5.41) is 10.3. The Bertz CT molecular complexity index is 749. The first kappa shape index (κ1) is 21.6. The molecule has 0 aliphatic carbocycles. The Hall–Kier alpha value is -2.71. The fraction of sp³-hybridized carbons (Fsp3) is 0.526. The van der Waals surface area contributed by atoms with Crippen LogP contribution in [0.4, 0.5) is 8.78 Å². The van der Waals surface area contributed by atoms with E-state index < -0.39 is 6.61 Å². The highest BCUT2D eigenvalue weighted by Crippen LogP contribution is 2.20. The molecule has 0 radical (unpaired) electrons. The van der Waals surface area contributed by atoms with E-state index in [0.29, 0.717) is 42.7 Å². The SMILES string of the molecule is CCNC(=NCc1ccccc1OC(F)F)NCCCc1nc(C(C)C)no1. The number of hydrogen-bond donors (Lipinski definition) is 2. The number of aliphatic imine (C=N–C) groups is 1. The van der Waals surface area contributed by atoms with Crippen molar-refractivity contribution in [3.8, 4) is 5.75 Å². The van der Waals surface area contributed by atoms with Crippen LogP contribution in [-0.2, 0) is 13.0 Å². The third-order valence-electron chi connectivity index (χ3n) is 3.80. The van der Waals surface area contributed by atoms with Gasteiger partial charge < -0.3 is 19.9 Å². The Kier molecular flexibility index (Phi) is 8.64. The molecule has 0 spiro atoms. The molecule has 154 valence electrons. The Labute approximate surface area is 163 Å². The molecule has 0 amide bonds. The van der Waals surface area contributed by atoms with Crippen LogP contribution in [0.1, 0.15) is 50.4 Å². The second kappa shape index (κ2) is 11.2. The predicted octanol–water partition coefficient (Wildman–Crippen LogP) is 3.48. The number of aromatic nitrogens is 2. The van der Waals surface area contributed by atoms with Crippen molar-refractivity contribution in [1.29, 1.82) is 0 Å². The third kappa shape index (κ3) is 7.13. The van der Waals surface area contributed by atoms with Gasteiger partial charge in [0.25, 0.3) is 0 Å². The van der Waals surface area contributed by atoms with Gasteiger partial charge in [0.1, 0.15) is 5.75 Å². The third-order valence-corrected chi connectivity index (χ3v) is 3.80. The molecule has 0 fully saturated rings. The van der Waals surface area contributed by atoms with Crippen molar-refractivity contribution in [1.82, 2.24) is 20.8 Å². The standard InChI is InChI=1S/C19H27F2N5O2/c1-4-22-19(23-11-7-10-16-25-17(13(2)3)26-28-16)24-12-14-8-5-6-9-15(14)27-18(20)21/h5-6,8-9,13,18H,4,7,10-12H2,1-3H3,(H2,22,23,24). The maximum atomic E-state index is 12.5. The molecule has 0 saturated heterocycles. The summed E-state index contributed by atoms with van der Waals surface area (Å²) in [5.74, 6) is 2.30. The van der Waals surface area contributed by atoms with E-state index in [1.165, 1.54) is 6.07 Å². The molecule has 0 saturated carbocycles. The zero-order chi connectivity index (χ0) is 20.4. The van der Waals surface area contributed by atoms with Gasteiger partial charge in [-0.3, -0.25) is 0 Å². The van der Waals surface area contributed by atoms with Crippen LogP contribution in [0.25, 0.3) is 0 Å². The maximum Gasteiger partial charge on any atom is 0.387 e. The van der Waals surface area contributed by atoms with Gasteiger partial charge in [0.15, 0.2) is 11.8 Å². The second-order valence-corrected chi connectivity index (χ2v) is 6.41. The number of nitrogens with zero attached hydrogens (tertiary/aromatic N) is 3. The van der Waals surface area contributed by atoms with E-state index in [4.69, 9.17) is 4.52 Å². The van der Waals surface area contributed by atoms with Crippen LogP contribution in [0.15, 0.2) is 33.8 Å². The van der Waals surface area contributed by atoms with Gasteiger partial charge in [0, 0.05) is 31.0 Å². The summed E-state index contributed by atoms with van der Waals surface area (Å²) in [6.07, 6.45) is 1.45. The molecule has 0 atom stereocenters. The van der Waals surface area contributed by atoms with Crippen LogP contribution in [0, 0.1) is 0 Å². The normalized spacial score (nSPS) is 11.9. The average molecular weight is 395 g/mol. The van der Waals surface area contributed by atoms with E-state index in [1.807, 2.05) is 20.8 Å². The summed E-state index contributed by atoms with van der Waals surface area (Å²) >= 11 is 0. The molecule has 1 aromatic heterocycles. The maximum absolute atomic E-state index is 12.5. The number of ether oxygens (including phenoxy) is 1. The lowest BCUT2D eigenvalue weighted by molar-refractivity contribution is -0.0504. The predicted molar refractivity (Wildman–Crippen MR) is 103 cm³/mol. The van der Waals surface area contributed by atoms with Gasteiger partial charge in [-0.2, -0.15) is 13.8 Å². The first-order chi connectivity index (χ1) is 13.5. The van der Waals surface area contributed by atoms with Gasteiger partial charge in [-0.1, -0.05) is 37.2 Å². The fourth-order valence-corrected chi connectivity index (χ4v) is 2.40. The van der Waals surface area contributed by atoms with Gasteiger partial charge in [-0.05, 0) is 19.4 Å². The minimum Gasteiger partial charge on any atom is -0.434 e. The Morgan fingerprint density at radius 3 is 2.71 bits per heavy atom. The summed E-state index contributed by atoms with van der Waals surface area (Å²) in [5.41, 5.74) is 0.590. The number of nitrogens with one attached hydrogen (secondary N) is 2. The summed E-state index contributed by atoms with van der Waals surface area (Å²) < 4.78 is 34.8. The van der Waals surface area contributed by atoms with E-state index in [2.05, 4.69) is 30.5 Å². The van der Waals surface area contributed by atoms with Crippen LogP contribution in [-0.4, -0.2) is 35.8 Å². The quantitative estimate of drug-likeness (QED) is 0.364. The molecule has 2 N–H and O–H groups in total. The number of guanidine groups is 1. The van der Waals surface area contributed by atoms with Gasteiger partial charge in [-0.15, -0.1) is 0 Å². The molecule has 0 unspecified atom stereocenters. The zero-order valence-corrected chi connectivity index (χ0v) is 16.4. The van der Waals surface area contributed by atoms with Gasteiger partial charge >= 0.3 is 6.61 Å². The van der Waals surface area contributed by atoms with Crippen molar-refractivity contribution in [3.05, 3.63) is 41.5 Å². The summed E-state index contributed by atoms with van der Waals surface area (Å²) in [6.45, 7) is 4.68. The smallest absolute Gasteiger partial charge is 0.387 e. The monoisotopic (exact) mass is 395 g/mol. The van der Waals surface area contributed by atoms with Gasteiger partial charge in [-0.25, -0.2) is 4.99 Å². The van der Waals surface area contributed by atoms with Crippen LogP contribution >= 0.6 is 0 Å². The molecule has 1 aromatic carbocycles. The Morgan fingerprint density at radius 1 is 1.25 bits per heavy atom. The first-order valence-corrected chi connectivity index (χ1v) is 9.37. The summed E-state index contributed by atoms with van der Waals surface area (Å²) in [4.78, 5) is 8.79. The lowest BCUT2D eigenvalue weighted by atomic mass is 10.2. The molecule has 2 aromatic rings. The summed E-state index contributed by atoms with van der Waals surface area (Å²) in [6, 6.07) is 6.63. The lowest BCUT2D eigenvalue weighted by Crippen LogP contribution is -2.37. The minimum absolute atomic E-state index is 0.134. The fourth-order valence-electron chi connectivity index (χ4n) is 2.40. The van der Waals surface area contributed by atoms with Crippen LogP contribution in [0.3, 0.4) is 0 Å². The molecule has 0 aliphatic heterocycles. The van der Waals surface area contributed by atoms with Crippen LogP contribution in [0.5, 0.6) is 5.75 Å². The largest absolute Gasteiger partial charge is 0.434 e. The number of hydrogen-bond acceptors (Lipinski definition) is 5. The number of para-hydroxylation sites is 1. The molecular weight excluding hydrogens is 368 g/mol. The van der Waals surface area contributed by atoms with Crippen molar-refractivity contribution < 1.29 is 18.0 Å². The lowest BCUT2D eigenvalue weighted by Gasteiger charge is -2.12. The van der Waals surface area contributed by atoms with Gasteiger partial charge in [0.2, 0.25) is 5.89 Å². The topological polar surface area (TPSA) is 84.6 Å². The van der Waals surface area contributed by atoms with Crippen LogP contribution < -0.4 is 15.4 Å². The van der Waals surface area contributed by atoms with Crippen molar-refractivity contribution in [2.75, 3.05) is 13.1 Å². The highest BCUT2D eigenvalue weighted by Gasteiger charge is 2.10. The van der Waals surface area contributed by atoms with Crippen molar-refractivity contribution in [3.63, 3.8) is 0 Å². The highest BCUT2D eigenvalue weighted by molar-refractivity contribution is 5.79. The minimum atomic E-state index is -2.86. The van der Waals surface area contributed by atoms with E-state index in [9.17, 15) is 8.78 Å². The number of rotatable bonds is 10. The van der Waals surface area contributed by atoms with E-state index >= 15 is 0 Å². The molecule has 9 heteroatoms. The zero-order valence-electron chi connectivity index (χ0n) is 16.4. The molecule has 7 nitrogen and oxygen atoms in total. The first-order valence-electron chi connectivity index (χ1n) is 9.37. The Balaban J connectivity index is 1.86. The molecule has 1 heterocycles. The number of halogens is 2. The number of alkyl halides is 2. The van der Waals surface area contributed by atoms with Crippen molar-refractivity contribution in [2.45, 2.75) is 52.7 Å². The van der Waals surface area contributed by atoms with Crippen LogP contribution in [0.2, 0.25) is 0 Å². The van der Waals surface area contributed by atoms with Crippen molar-refractivity contribution in [2.24, 2.45) is 4.99 Å². The number of benzene rings is 1. The molecule has 28 heavy (non-hydrogen) atoms. The molecule has 0 aliphatic rings. The Morgan fingerprint density at radius 2 is 2.04 bits per heavy atom. The van der Waals surface area contributed by atoms with E-state index in [0.717, 1.165) is 6.42 Å². The highest BCUT2D eigenvalue weighted by atomic mass is 19.3. The summed E-state index contributed by atoms with van der Waals surface area (Å²) in [7, 11) is 0. The van der Waals surface area contributed by atoms with Gasteiger partial charge in [0.05, 0.1) is 6.54 Å². The van der Waals surface area contributed by atoms with E-state index in [1.54, 1.807) is 18.2 Å². The number of aryl methyl sites for hydroxylation is 1. The molecule has 0 bridgehead atoms. The van der Waals surface area contributed by atoms with E-state index in [-0.39, 0.29) is 18.2 Å². The molecule has 2 rings (SSSR count).